The lowest BCUT2D eigenvalue weighted by Gasteiger charge is -2.10. The van der Waals surface area contributed by atoms with Crippen molar-refractivity contribution in [2.45, 2.75) is 5.03 Å². The molecule has 0 aliphatic rings. The Kier molecular flexibility index (Phi) is 5.48. The van der Waals surface area contributed by atoms with Crippen molar-refractivity contribution in [3.05, 3.63) is 24.4 Å². The van der Waals surface area contributed by atoms with Gasteiger partial charge in [-0.25, -0.2) is 4.98 Å². The summed E-state index contributed by atoms with van der Waals surface area (Å²) < 4.78 is 0. The zero-order valence-electron chi connectivity index (χ0n) is 9.84. The van der Waals surface area contributed by atoms with Gasteiger partial charge >= 0.3 is 0 Å². The highest BCUT2D eigenvalue weighted by Crippen LogP contribution is 2.12. The van der Waals surface area contributed by atoms with Crippen molar-refractivity contribution >= 4 is 23.6 Å². The maximum atomic E-state index is 11.4. The lowest BCUT2D eigenvalue weighted by Crippen LogP contribution is -2.36. The molecule has 1 aromatic heterocycles. The van der Waals surface area contributed by atoms with Crippen LogP contribution in [0.15, 0.2) is 29.4 Å². The van der Waals surface area contributed by atoms with Crippen LogP contribution in [0.1, 0.15) is 0 Å². The van der Waals surface area contributed by atoms with Gasteiger partial charge in [0.25, 0.3) is 0 Å². The van der Waals surface area contributed by atoms with E-state index in [1.54, 1.807) is 20.3 Å². The molecule has 0 bridgehead atoms. The Balaban J connectivity index is 2.24. The third-order valence-electron chi connectivity index (χ3n) is 1.92. The topological polar surface area (TPSA) is 62.3 Å². The Morgan fingerprint density at radius 2 is 2.18 bits per heavy atom. The molecular formula is C11H15N3O2S. The van der Waals surface area contributed by atoms with Gasteiger partial charge in [-0.05, 0) is 12.1 Å². The molecule has 6 heteroatoms. The van der Waals surface area contributed by atoms with E-state index in [2.05, 4.69) is 10.3 Å². The van der Waals surface area contributed by atoms with Crippen LogP contribution >= 0.6 is 11.8 Å². The zero-order valence-corrected chi connectivity index (χ0v) is 10.7. The van der Waals surface area contributed by atoms with Gasteiger partial charge in [0.05, 0.1) is 17.3 Å². The number of amides is 2. The first-order valence-electron chi connectivity index (χ1n) is 5.10. The van der Waals surface area contributed by atoms with Crippen molar-refractivity contribution in [3.8, 4) is 0 Å². The molecule has 5 nitrogen and oxygen atoms in total. The second kappa shape index (κ2) is 6.90. The normalized spacial score (nSPS) is 9.76. The molecule has 92 valence electrons. The lowest BCUT2D eigenvalue weighted by molar-refractivity contribution is -0.130. The van der Waals surface area contributed by atoms with E-state index >= 15 is 0 Å². The molecule has 1 heterocycles. The molecule has 0 aliphatic heterocycles. The number of nitrogens with one attached hydrogen (secondary N) is 1. The first-order valence-corrected chi connectivity index (χ1v) is 6.09. The minimum absolute atomic E-state index is 0.0363. The van der Waals surface area contributed by atoms with E-state index < -0.39 is 0 Å². The minimum atomic E-state index is -0.171. The first kappa shape index (κ1) is 13.5. The molecule has 0 spiro atoms. The Labute approximate surface area is 105 Å². The van der Waals surface area contributed by atoms with Gasteiger partial charge in [0.2, 0.25) is 11.8 Å². The van der Waals surface area contributed by atoms with Crippen molar-refractivity contribution in [1.29, 1.82) is 0 Å². The summed E-state index contributed by atoms with van der Waals surface area (Å²) in [7, 11) is 3.30. The Morgan fingerprint density at radius 3 is 2.76 bits per heavy atom. The number of aromatic nitrogens is 1. The van der Waals surface area contributed by atoms with Gasteiger partial charge in [0, 0.05) is 20.3 Å². The summed E-state index contributed by atoms with van der Waals surface area (Å²) in [4.78, 5) is 28.1. The molecule has 1 rings (SSSR count). The van der Waals surface area contributed by atoms with Crippen LogP contribution in [-0.2, 0) is 9.59 Å². The van der Waals surface area contributed by atoms with E-state index in [0.29, 0.717) is 0 Å². The minimum Gasteiger partial charge on any atom is -0.347 e. The number of hydrogen-bond donors (Lipinski definition) is 1. The number of carbonyl (C=O) groups excluding carboxylic acids is 2. The molecule has 1 aromatic rings. The molecule has 1 N–H and O–H groups in total. The summed E-state index contributed by atoms with van der Waals surface area (Å²) in [5, 5.41) is 3.35. The van der Waals surface area contributed by atoms with Crippen molar-refractivity contribution in [2.75, 3.05) is 26.4 Å². The monoisotopic (exact) mass is 253 g/mol. The predicted octanol–water partition coefficient (Wildman–Crippen LogP) is 0.378. The number of hydrogen-bond acceptors (Lipinski definition) is 4. The van der Waals surface area contributed by atoms with Crippen molar-refractivity contribution in [1.82, 2.24) is 15.2 Å². The summed E-state index contributed by atoms with van der Waals surface area (Å²) in [6, 6.07) is 5.52. The highest BCUT2D eigenvalue weighted by Gasteiger charge is 2.07. The van der Waals surface area contributed by atoms with Gasteiger partial charge in [0.15, 0.2) is 0 Å². The van der Waals surface area contributed by atoms with Crippen LogP contribution in [0.5, 0.6) is 0 Å². The second-order valence-electron chi connectivity index (χ2n) is 3.52. The van der Waals surface area contributed by atoms with E-state index in [0.717, 1.165) is 5.03 Å². The molecule has 2 amide bonds. The number of thioether (sulfide) groups is 1. The highest BCUT2D eigenvalue weighted by molar-refractivity contribution is 7.99. The molecular weight excluding hydrogens is 238 g/mol. The van der Waals surface area contributed by atoms with E-state index in [1.165, 1.54) is 16.7 Å². The summed E-state index contributed by atoms with van der Waals surface area (Å²) in [5.41, 5.74) is 0. The second-order valence-corrected chi connectivity index (χ2v) is 4.52. The molecule has 17 heavy (non-hydrogen) atoms. The SMILES string of the molecule is CN(C)C(=O)CNC(=O)CSc1ccccn1. The van der Waals surface area contributed by atoms with Crippen molar-refractivity contribution in [3.63, 3.8) is 0 Å². The molecule has 0 radical (unpaired) electrons. The fourth-order valence-electron chi connectivity index (χ4n) is 0.955. The fraction of sp³-hybridized carbons (Fsp3) is 0.364. The third-order valence-corrected chi connectivity index (χ3v) is 2.87. The quantitative estimate of drug-likeness (QED) is 0.771. The average molecular weight is 253 g/mol. The fourth-order valence-corrected chi connectivity index (χ4v) is 1.65. The Hall–Kier alpha value is -1.56. The maximum Gasteiger partial charge on any atom is 0.241 e. The van der Waals surface area contributed by atoms with Gasteiger partial charge in [-0.15, -0.1) is 0 Å². The van der Waals surface area contributed by atoms with Gasteiger partial charge in [-0.3, -0.25) is 9.59 Å². The number of pyridine rings is 1. The number of carbonyl (C=O) groups is 2. The summed E-state index contributed by atoms with van der Waals surface area (Å²) in [5.74, 6) is -0.0328. The molecule has 0 unspecified atom stereocenters. The number of rotatable bonds is 5. The average Bonchev–Trinajstić information content (AvgIpc) is 2.34. The van der Waals surface area contributed by atoms with Crippen LogP contribution < -0.4 is 5.32 Å². The summed E-state index contributed by atoms with van der Waals surface area (Å²) in [6.45, 7) is 0.0363. The van der Waals surface area contributed by atoms with Crippen molar-refractivity contribution in [2.24, 2.45) is 0 Å². The highest BCUT2D eigenvalue weighted by atomic mass is 32.2. The third kappa shape index (κ3) is 5.35. The smallest absolute Gasteiger partial charge is 0.241 e. The predicted molar refractivity (Wildman–Crippen MR) is 66.7 cm³/mol. The van der Waals surface area contributed by atoms with Crippen LogP contribution in [0, 0.1) is 0 Å². The number of likely N-dealkylation sites (N-methyl/N-ethyl adjacent to an activating group) is 1. The van der Waals surface area contributed by atoms with Gasteiger partial charge < -0.3 is 10.2 Å². The van der Waals surface area contributed by atoms with Gasteiger partial charge in [-0.1, -0.05) is 17.8 Å². The molecule has 0 saturated heterocycles. The molecule has 0 aromatic carbocycles. The molecule has 0 saturated carbocycles. The van der Waals surface area contributed by atoms with Crippen LogP contribution in [0.2, 0.25) is 0 Å². The maximum absolute atomic E-state index is 11.4. The van der Waals surface area contributed by atoms with E-state index in [-0.39, 0.29) is 24.1 Å². The van der Waals surface area contributed by atoms with Gasteiger partial charge in [0.1, 0.15) is 0 Å². The van der Waals surface area contributed by atoms with Gasteiger partial charge in [-0.2, -0.15) is 0 Å². The van der Waals surface area contributed by atoms with Crippen LogP contribution in [0.3, 0.4) is 0 Å². The van der Waals surface area contributed by atoms with Crippen LogP contribution in [0.25, 0.3) is 0 Å². The zero-order chi connectivity index (χ0) is 12.7. The largest absolute Gasteiger partial charge is 0.347 e. The molecule has 0 aliphatic carbocycles. The standard InChI is InChI=1S/C11H15N3O2S/c1-14(2)11(16)7-13-9(15)8-17-10-5-3-4-6-12-10/h3-6H,7-8H2,1-2H3,(H,13,15). The van der Waals surface area contributed by atoms with E-state index in [1.807, 2.05) is 18.2 Å². The Morgan fingerprint density at radius 1 is 1.41 bits per heavy atom. The van der Waals surface area contributed by atoms with Crippen molar-refractivity contribution < 1.29 is 9.59 Å². The summed E-state index contributed by atoms with van der Waals surface area (Å²) in [6.07, 6.45) is 1.68. The van der Waals surface area contributed by atoms with Crippen LogP contribution in [-0.4, -0.2) is 48.1 Å². The Bertz CT molecular complexity index is 382. The molecule has 0 fully saturated rings. The first-order chi connectivity index (χ1) is 8.09. The van der Waals surface area contributed by atoms with E-state index in [4.69, 9.17) is 0 Å². The number of nitrogens with zero attached hydrogens (tertiary/aromatic N) is 2. The molecule has 0 atom stereocenters. The van der Waals surface area contributed by atoms with E-state index in [9.17, 15) is 9.59 Å². The van der Waals surface area contributed by atoms with Crippen LogP contribution in [0.4, 0.5) is 0 Å². The lowest BCUT2D eigenvalue weighted by atomic mass is 10.5. The summed E-state index contributed by atoms with van der Waals surface area (Å²) >= 11 is 1.34.